The number of carbonyl (C=O) groups is 3. The largest absolute Gasteiger partial charge is 0.452 e. The minimum Gasteiger partial charge on any atom is -0.452 e. The number of aromatic nitrogens is 1. The Hall–Kier alpha value is -4.04. The number of rotatable bonds is 6. The molecule has 7 nitrogen and oxygen atoms in total. The fourth-order valence-corrected chi connectivity index (χ4v) is 5.81. The number of carbonyl (C=O) groups excluding carboxylic acids is 3. The van der Waals surface area contributed by atoms with Crippen molar-refractivity contribution in [2.45, 2.75) is 32.6 Å². The van der Waals surface area contributed by atoms with E-state index < -0.39 is 24.4 Å². The summed E-state index contributed by atoms with van der Waals surface area (Å²) in [4.78, 5) is 43.6. The molecule has 5 rings (SSSR count). The highest BCUT2D eigenvalue weighted by Gasteiger charge is 2.25. The van der Waals surface area contributed by atoms with E-state index >= 15 is 0 Å². The van der Waals surface area contributed by atoms with Crippen molar-refractivity contribution in [3.05, 3.63) is 81.7 Å². The van der Waals surface area contributed by atoms with Gasteiger partial charge in [-0.05, 0) is 50.3 Å². The van der Waals surface area contributed by atoms with Gasteiger partial charge in [-0.25, -0.2) is 9.78 Å². The zero-order valence-electron chi connectivity index (χ0n) is 19.8. The molecule has 3 N–H and O–H groups in total. The van der Waals surface area contributed by atoms with E-state index in [1.165, 1.54) is 11.3 Å². The highest BCUT2D eigenvalue weighted by molar-refractivity contribution is 7.17. The summed E-state index contributed by atoms with van der Waals surface area (Å²) < 4.78 is 5.39. The molecular weight excluding hydrogens is 474 g/mol. The van der Waals surface area contributed by atoms with Gasteiger partial charge in [0.15, 0.2) is 6.61 Å². The fraction of sp³-hybridized carbons (Fsp3) is 0.214. The predicted molar refractivity (Wildman–Crippen MR) is 140 cm³/mol. The van der Waals surface area contributed by atoms with Crippen LogP contribution >= 0.6 is 11.3 Å². The van der Waals surface area contributed by atoms with Crippen molar-refractivity contribution in [1.82, 2.24) is 4.98 Å². The second-order valence-corrected chi connectivity index (χ2v) is 9.95. The van der Waals surface area contributed by atoms with Crippen molar-refractivity contribution >= 4 is 45.0 Å². The molecule has 0 aliphatic heterocycles. The number of nitrogens with two attached hydrogens (primary N) is 1. The summed E-state index contributed by atoms with van der Waals surface area (Å²) in [7, 11) is 0. The van der Waals surface area contributed by atoms with Crippen molar-refractivity contribution in [3.63, 3.8) is 0 Å². The van der Waals surface area contributed by atoms with E-state index in [1.54, 1.807) is 12.1 Å². The molecule has 182 valence electrons. The monoisotopic (exact) mass is 499 g/mol. The lowest BCUT2D eigenvalue weighted by Gasteiger charge is -2.11. The zero-order chi connectivity index (χ0) is 25.2. The first-order valence-electron chi connectivity index (χ1n) is 11.8. The number of nitrogens with zero attached hydrogens (tertiary/aromatic N) is 1. The Labute approximate surface area is 212 Å². The van der Waals surface area contributed by atoms with Gasteiger partial charge >= 0.3 is 5.97 Å². The van der Waals surface area contributed by atoms with E-state index in [0.717, 1.165) is 47.3 Å². The Morgan fingerprint density at radius 2 is 1.81 bits per heavy atom. The van der Waals surface area contributed by atoms with Crippen LogP contribution in [-0.4, -0.2) is 29.4 Å². The van der Waals surface area contributed by atoms with Crippen LogP contribution in [0.15, 0.2) is 54.6 Å². The molecule has 1 aliphatic rings. The molecule has 0 fully saturated rings. The van der Waals surface area contributed by atoms with E-state index in [1.807, 2.05) is 49.4 Å². The molecule has 1 aliphatic carbocycles. The summed E-state index contributed by atoms with van der Waals surface area (Å²) in [5.74, 6) is -1.71. The van der Waals surface area contributed by atoms with Crippen LogP contribution in [-0.2, 0) is 22.4 Å². The number of hydrogen-bond acceptors (Lipinski definition) is 6. The maximum absolute atomic E-state index is 13.1. The molecule has 36 heavy (non-hydrogen) atoms. The molecular formula is C28H25N3O4S. The molecule has 0 saturated carbocycles. The van der Waals surface area contributed by atoms with Gasteiger partial charge in [0.25, 0.3) is 11.8 Å². The van der Waals surface area contributed by atoms with Gasteiger partial charge in [0.05, 0.1) is 22.3 Å². The number of benzene rings is 2. The van der Waals surface area contributed by atoms with Gasteiger partial charge in [0.2, 0.25) is 0 Å². The molecule has 2 aromatic heterocycles. The highest BCUT2D eigenvalue weighted by Crippen LogP contribution is 2.37. The third-order valence-electron chi connectivity index (χ3n) is 6.29. The number of para-hydroxylation sites is 1. The van der Waals surface area contributed by atoms with Crippen LogP contribution in [0.1, 0.15) is 49.6 Å². The summed E-state index contributed by atoms with van der Waals surface area (Å²) in [5, 5.41) is 3.79. The number of anilines is 1. The number of thiophene rings is 1. The molecule has 0 saturated heterocycles. The number of nitrogens with one attached hydrogen (secondary N) is 1. The fourth-order valence-electron chi connectivity index (χ4n) is 4.50. The molecule has 4 aromatic rings. The average molecular weight is 500 g/mol. The molecule has 2 aromatic carbocycles. The summed E-state index contributed by atoms with van der Waals surface area (Å²) in [6.45, 7) is 1.51. The SMILES string of the molecule is Cc1ccc(-c2cc(C(=O)OCC(=O)Nc3sc4c(c3C(N)=O)CCCC4)c3ccccc3n2)cc1. The predicted octanol–water partition coefficient (Wildman–Crippen LogP) is 5.04. The van der Waals surface area contributed by atoms with Crippen LogP contribution in [0.25, 0.3) is 22.2 Å². The van der Waals surface area contributed by atoms with Gasteiger partial charge in [0, 0.05) is 15.8 Å². The van der Waals surface area contributed by atoms with E-state index in [-0.39, 0.29) is 0 Å². The van der Waals surface area contributed by atoms with Crippen molar-refractivity contribution in [2.75, 3.05) is 11.9 Å². The van der Waals surface area contributed by atoms with Gasteiger partial charge in [-0.2, -0.15) is 0 Å². The van der Waals surface area contributed by atoms with Crippen LogP contribution in [0.3, 0.4) is 0 Å². The molecule has 0 radical (unpaired) electrons. The molecule has 8 heteroatoms. The number of primary amides is 1. The quantitative estimate of drug-likeness (QED) is 0.361. The summed E-state index contributed by atoms with van der Waals surface area (Å²) in [5.41, 5.74) is 10.5. The third kappa shape index (κ3) is 4.72. The second-order valence-electron chi connectivity index (χ2n) is 8.84. The van der Waals surface area contributed by atoms with Crippen molar-refractivity contribution < 1.29 is 19.1 Å². The number of hydrogen-bond donors (Lipinski definition) is 2. The smallest absolute Gasteiger partial charge is 0.339 e. The number of pyridine rings is 1. The van der Waals surface area contributed by atoms with Crippen LogP contribution in [0.4, 0.5) is 5.00 Å². The Bertz CT molecular complexity index is 1490. The molecule has 0 bridgehead atoms. The van der Waals surface area contributed by atoms with Crippen LogP contribution in [0, 0.1) is 6.92 Å². The van der Waals surface area contributed by atoms with Crippen LogP contribution in [0.2, 0.25) is 0 Å². The van der Waals surface area contributed by atoms with Crippen LogP contribution < -0.4 is 11.1 Å². The first kappa shape index (κ1) is 23.7. The zero-order valence-corrected chi connectivity index (χ0v) is 20.6. The summed E-state index contributed by atoms with van der Waals surface area (Å²) in [6.07, 6.45) is 3.66. The molecule has 0 spiro atoms. The first-order valence-corrected chi connectivity index (χ1v) is 12.6. The lowest BCUT2D eigenvalue weighted by molar-refractivity contribution is -0.119. The molecule has 0 atom stereocenters. The lowest BCUT2D eigenvalue weighted by atomic mass is 9.95. The topological polar surface area (TPSA) is 111 Å². The van der Waals surface area contributed by atoms with Gasteiger partial charge in [0.1, 0.15) is 5.00 Å². The van der Waals surface area contributed by atoms with Gasteiger partial charge in [-0.1, -0.05) is 48.0 Å². The van der Waals surface area contributed by atoms with E-state index in [4.69, 9.17) is 15.5 Å². The second kappa shape index (κ2) is 9.91. The standard InChI is InChI=1S/C28H25N3O4S/c1-16-10-12-17(13-11-16)22-14-20(18-6-2-4-8-21(18)30-22)28(34)35-15-24(32)31-27-25(26(29)33)19-7-3-5-9-23(19)36-27/h2,4,6,8,10-14H,3,5,7,9,15H2,1H3,(H2,29,33)(H,31,32). The molecule has 0 unspecified atom stereocenters. The number of aryl methyl sites for hydroxylation is 2. The number of fused-ring (bicyclic) bond motifs is 2. The van der Waals surface area contributed by atoms with Gasteiger partial charge in [-0.3, -0.25) is 9.59 Å². The van der Waals surface area contributed by atoms with Gasteiger partial charge in [-0.15, -0.1) is 11.3 Å². The maximum atomic E-state index is 13.1. The Balaban J connectivity index is 1.36. The van der Waals surface area contributed by atoms with Crippen molar-refractivity contribution in [2.24, 2.45) is 5.73 Å². The Morgan fingerprint density at radius 3 is 2.58 bits per heavy atom. The highest BCUT2D eigenvalue weighted by atomic mass is 32.1. The van der Waals surface area contributed by atoms with E-state index in [2.05, 4.69) is 5.32 Å². The molecule has 2 heterocycles. The normalized spacial score (nSPS) is 12.7. The minimum absolute atomic E-state index is 0.327. The van der Waals surface area contributed by atoms with E-state index in [0.29, 0.717) is 32.7 Å². The first-order chi connectivity index (χ1) is 17.4. The van der Waals surface area contributed by atoms with E-state index in [9.17, 15) is 14.4 Å². The average Bonchev–Trinajstić information content (AvgIpc) is 3.25. The minimum atomic E-state index is -0.627. The van der Waals surface area contributed by atoms with Crippen molar-refractivity contribution in [3.8, 4) is 11.3 Å². The van der Waals surface area contributed by atoms with Crippen LogP contribution in [0.5, 0.6) is 0 Å². The van der Waals surface area contributed by atoms with Crippen molar-refractivity contribution in [1.29, 1.82) is 0 Å². The third-order valence-corrected chi connectivity index (χ3v) is 7.50. The number of ether oxygens (including phenoxy) is 1. The number of amides is 2. The Kier molecular flexibility index (Phi) is 6.52. The maximum Gasteiger partial charge on any atom is 0.339 e. The number of esters is 1. The lowest BCUT2D eigenvalue weighted by Crippen LogP contribution is -2.23. The van der Waals surface area contributed by atoms with Gasteiger partial charge < -0.3 is 15.8 Å². The Morgan fingerprint density at radius 1 is 1.06 bits per heavy atom. The molecule has 2 amide bonds. The summed E-state index contributed by atoms with van der Waals surface area (Å²) >= 11 is 1.37. The summed E-state index contributed by atoms with van der Waals surface area (Å²) in [6, 6.07) is 16.9.